The Hall–Kier alpha value is -2.65. The molecule has 0 radical (unpaired) electrons. The molecule has 0 spiro atoms. The monoisotopic (exact) mass is 268 g/mol. The van der Waals surface area contributed by atoms with Crippen molar-refractivity contribution >= 4 is 11.6 Å². The van der Waals surface area contributed by atoms with Gasteiger partial charge in [0.05, 0.1) is 11.6 Å². The first kappa shape index (κ1) is 13.8. The zero-order chi connectivity index (χ0) is 14.5. The highest BCUT2D eigenvalue weighted by molar-refractivity contribution is 5.56. The van der Waals surface area contributed by atoms with Crippen molar-refractivity contribution in [2.75, 3.05) is 10.7 Å². The number of nitrogens with two attached hydrogens (primary N) is 1. The van der Waals surface area contributed by atoms with Gasteiger partial charge >= 0.3 is 0 Å². The standard InChI is InChI=1S/C14H16N6/c1-9-13(18-10(2)19-14(9)20-16)17-8-12-5-3-4-11(6-12)7-15/h3-6H,8,16H2,1-2H3,(H2,17,18,19,20). The van der Waals surface area contributed by atoms with E-state index in [1.807, 2.05) is 32.0 Å². The third-order valence-electron chi connectivity index (χ3n) is 2.91. The van der Waals surface area contributed by atoms with E-state index in [-0.39, 0.29) is 0 Å². The van der Waals surface area contributed by atoms with Gasteiger partial charge in [-0.2, -0.15) is 5.26 Å². The van der Waals surface area contributed by atoms with E-state index in [1.165, 1.54) is 0 Å². The van der Waals surface area contributed by atoms with Crippen LogP contribution in [0.4, 0.5) is 11.6 Å². The lowest BCUT2D eigenvalue weighted by Crippen LogP contribution is -2.14. The highest BCUT2D eigenvalue weighted by Crippen LogP contribution is 2.19. The lowest BCUT2D eigenvalue weighted by atomic mass is 10.1. The highest BCUT2D eigenvalue weighted by atomic mass is 15.3. The minimum Gasteiger partial charge on any atom is -0.366 e. The van der Waals surface area contributed by atoms with Crippen molar-refractivity contribution in [3.8, 4) is 6.07 Å². The van der Waals surface area contributed by atoms with E-state index >= 15 is 0 Å². The Bertz CT molecular complexity index is 659. The summed E-state index contributed by atoms with van der Waals surface area (Å²) in [6.07, 6.45) is 0. The molecule has 2 aromatic rings. The minimum atomic E-state index is 0.580. The van der Waals surface area contributed by atoms with Gasteiger partial charge in [0.2, 0.25) is 0 Å². The van der Waals surface area contributed by atoms with E-state index in [0.717, 1.165) is 16.9 Å². The van der Waals surface area contributed by atoms with Crippen molar-refractivity contribution in [2.24, 2.45) is 5.84 Å². The van der Waals surface area contributed by atoms with Crippen LogP contribution in [-0.2, 0) is 6.54 Å². The van der Waals surface area contributed by atoms with Gasteiger partial charge < -0.3 is 10.7 Å². The van der Waals surface area contributed by atoms with Crippen LogP contribution < -0.4 is 16.6 Å². The number of nitriles is 1. The van der Waals surface area contributed by atoms with Gasteiger partial charge in [0.25, 0.3) is 0 Å². The van der Waals surface area contributed by atoms with Crippen LogP contribution >= 0.6 is 0 Å². The molecule has 0 fully saturated rings. The molecule has 0 aliphatic heterocycles. The van der Waals surface area contributed by atoms with Crippen molar-refractivity contribution in [2.45, 2.75) is 20.4 Å². The largest absolute Gasteiger partial charge is 0.366 e. The zero-order valence-corrected chi connectivity index (χ0v) is 11.4. The third kappa shape index (κ3) is 3.02. The lowest BCUT2D eigenvalue weighted by Gasteiger charge is -2.12. The molecule has 1 aromatic carbocycles. The molecule has 0 aliphatic rings. The van der Waals surface area contributed by atoms with Crippen molar-refractivity contribution in [3.63, 3.8) is 0 Å². The average Bonchev–Trinajstić information content (AvgIpc) is 2.48. The van der Waals surface area contributed by atoms with Crippen molar-refractivity contribution in [3.05, 3.63) is 46.8 Å². The summed E-state index contributed by atoms with van der Waals surface area (Å²) in [5, 5.41) is 12.1. The first-order chi connectivity index (χ1) is 9.63. The fourth-order valence-electron chi connectivity index (χ4n) is 1.88. The van der Waals surface area contributed by atoms with Crippen LogP contribution in [0.5, 0.6) is 0 Å². The number of aryl methyl sites for hydroxylation is 1. The summed E-state index contributed by atoms with van der Waals surface area (Å²) in [7, 11) is 0. The van der Waals surface area contributed by atoms with Gasteiger partial charge in [-0.15, -0.1) is 0 Å². The molecule has 2 rings (SSSR count). The summed E-state index contributed by atoms with van der Waals surface area (Å²) < 4.78 is 0. The second-order valence-corrected chi connectivity index (χ2v) is 4.40. The molecule has 1 aromatic heterocycles. The molecule has 6 nitrogen and oxygen atoms in total. The lowest BCUT2D eigenvalue weighted by molar-refractivity contribution is 0.997. The number of nitrogen functional groups attached to an aromatic ring is 1. The summed E-state index contributed by atoms with van der Waals surface area (Å²) in [5.74, 6) is 7.40. The number of nitrogens with one attached hydrogen (secondary N) is 2. The molecule has 102 valence electrons. The Morgan fingerprint density at radius 1 is 1.25 bits per heavy atom. The molecular formula is C14H16N6. The van der Waals surface area contributed by atoms with Gasteiger partial charge in [0.15, 0.2) is 0 Å². The maximum absolute atomic E-state index is 8.88. The maximum atomic E-state index is 8.88. The second kappa shape index (κ2) is 5.99. The maximum Gasteiger partial charge on any atom is 0.148 e. The number of hydrogen-bond donors (Lipinski definition) is 3. The average molecular weight is 268 g/mol. The molecule has 0 bridgehead atoms. The summed E-state index contributed by atoms with van der Waals surface area (Å²) >= 11 is 0. The summed E-state index contributed by atoms with van der Waals surface area (Å²) in [4.78, 5) is 8.56. The van der Waals surface area contributed by atoms with Crippen LogP contribution in [0.15, 0.2) is 24.3 Å². The van der Waals surface area contributed by atoms with Crippen molar-refractivity contribution < 1.29 is 0 Å². The fourth-order valence-corrected chi connectivity index (χ4v) is 1.88. The molecule has 0 aliphatic carbocycles. The number of aromatic nitrogens is 2. The van der Waals surface area contributed by atoms with Crippen LogP contribution in [0.1, 0.15) is 22.5 Å². The van der Waals surface area contributed by atoms with Gasteiger partial charge in [-0.3, -0.25) is 0 Å². The number of hydrogen-bond acceptors (Lipinski definition) is 6. The molecule has 0 amide bonds. The summed E-state index contributed by atoms with van der Waals surface area (Å²) in [6.45, 7) is 4.28. The Balaban J connectivity index is 2.18. The quantitative estimate of drug-likeness (QED) is 0.578. The SMILES string of the molecule is Cc1nc(NN)c(C)c(NCc2cccc(C#N)c2)n1. The van der Waals surface area contributed by atoms with E-state index in [4.69, 9.17) is 11.1 Å². The smallest absolute Gasteiger partial charge is 0.148 e. The van der Waals surface area contributed by atoms with Gasteiger partial charge in [-0.25, -0.2) is 15.8 Å². The molecule has 0 unspecified atom stereocenters. The summed E-state index contributed by atoms with van der Waals surface area (Å²) in [5.41, 5.74) is 5.07. The minimum absolute atomic E-state index is 0.580. The van der Waals surface area contributed by atoms with Crippen LogP contribution in [0.3, 0.4) is 0 Å². The number of hydrazine groups is 1. The molecule has 1 heterocycles. The van der Waals surface area contributed by atoms with Gasteiger partial charge in [-0.1, -0.05) is 12.1 Å². The predicted molar refractivity (Wildman–Crippen MR) is 77.8 cm³/mol. The van der Waals surface area contributed by atoms with Crippen LogP contribution in [0.25, 0.3) is 0 Å². The normalized spacial score (nSPS) is 9.90. The zero-order valence-electron chi connectivity index (χ0n) is 11.4. The van der Waals surface area contributed by atoms with Gasteiger partial charge in [0, 0.05) is 12.1 Å². The second-order valence-electron chi connectivity index (χ2n) is 4.40. The summed E-state index contributed by atoms with van der Waals surface area (Å²) in [6, 6.07) is 9.57. The van der Waals surface area contributed by atoms with E-state index < -0.39 is 0 Å². The molecule has 0 saturated carbocycles. The molecule has 0 saturated heterocycles. The topological polar surface area (TPSA) is 99.6 Å². The predicted octanol–water partition coefficient (Wildman–Crippen LogP) is 1.86. The fraction of sp³-hybridized carbons (Fsp3) is 0.214. The Morgan fingerprint density at radius 2 is 2.00 bits per heavy atom. The van der Waals surface area contributed by atoms with E-state index in [2.05, 4.69) is 26.8 Å². The van der Waals surface area contributed by atoms with Crippen LogP contribution in [-0.4, -0.2) is 9.97 Å². The van der Waals surface area contributed by atoms with Gasteiger partial charge in [-0.05, 0) is 31.5 Å². The van der Waals surface area contributed by atoms with Crippen LogP contribution in [0, 0.1) is 25.2 Å². The third-order valence-corrected chi connectivity index (χ3v) is 2.91. The Kier molecular flexibility index (Phi) is 4.13. The van der Waals surface area contributed by atoms with Crippen molar-refractivity contribution in [1.29, 1.82) is 5.26 Å². The molecule has 6 heteroatoms. The Morgan fingerprint density at radius 3 is 2.70 bits per heavy atom. The molecule has 0 atom stereocenters. The first-order valence-electron chi connectivity index (χ1n) is 6.19. The number of benzene rings is 1. The number of nitrogens with zero attached hydrogens (tertiary/aromatic N) is 3. The molecule has 4 N–H and O–H groups in total. The number of rotatable bonds is 4. The molecule has 20 heavy (non-hydrogen) atoms. The first-order valence-corrected chi connectivity index (χ1v) is 6.19. The van der Waals surface area contributed by atoms with E-state index in [9.17, 15) is 0 Å². The molecular weight excluding hydrogens is 252 g/mol. The van der Waals surface area contributed by atoms with Crippen molar-refractivity contribution in [1.82, 2.24) is 9.97 Å². The van der Waals surface area contributed by atoms with Crippen LogP contribution in [0.2, 0.25) is 0 Å². The Labute approximate surface area is 117 Å². The highest BCUT2D eigenvalue weighted by Gasteiger charge is 2.08. The van der Waals surface area contributed by atoms with E-state index in [0.29, 0.717) is 23.8 Å². The van der Waals surface area contributed by atoms with E-state index in [1.54, 1.807) is 6.07 Å². The number of anilines is 2. The van der Waals surface area contributed by atoms with Gasteiger partial charge in [0.1, 0.15) is 17.5 Å².